The topological polar surface area (TPSA) is 112 Å². The maximum Gasteiger partial charge on any atom is 0.271 e. The van der Waals surface area contributed by atoms with Crippen LogP contribution in [-0.4, -0.2) is 38.4 Å². The quantitative estimate of drug-likeness (QED) is 0.461. The summed E-state index contributed by atoms with van der Waals surface area (Å²) < 4.78 is 15.6. The average Bonchev–Trinajstić information content (AvgIpc) is 2.66. The number of carbonyl (C=O) groups is 1. The van der Waals surface area contributed by atoms with Crippen molar-refractivity contribution in [3.8, 4) is 17.2 Å². The number of ether oxygens (including phenoxy) is 3. The van der Waals surface area contributed by atoms with E-state index in [-0.39, 0.29) is 11.3 Å². The molecule has 0 fully saturated rings. The number of nitrogens with zero attached hydrogens (tertiary/aromatic N) is 2. The molecule has 0 aliphatic rings. The average molecular weight is 359 g/mol. The number of hydrogen-bond donors (Lipinski definition) is 1. The lowest BCUT2D eigenvalue weighted by atomic mass is 10.1. The van der Waals surface area contributed by atoms with Crippen LogP contribution < -0.4 is 19.6 Å². The molecule has 1 N–H and O–H groups in total. The zero-order valence-electron chi connectivity index (χ0n) is 14.4. The molecule has 2 aromatic carbocycles. The summed E-state index contributed by atoms with van der Waals surface area (Å²) in [6, 6.07) is 8.74. The van der Waals surface area contributed by atoms with E-state index in [0.717, 1.165) is 0 Å². The zero-order valence-corrected chi connectivity index (χ0v) is 14.4. The molecule has 0 aromatic heterocycles. The van der Waals surface area contributed by atoms with E-state index in [1.807, 2.05) is 0 Å². The van der Waals surface area contributed by atoms with Gasteiger partial charge < -0.3 is 14.2 Å². The molecule has 9 nitrogen and oxygen atoms in total. The Morgan fingerprint density at radius 1 is 1.08 bits per heavy atom. The van der Waals surface area contributed by atoms with Crippen molar-refractivity contribution in [1.82, 2.24) is 5.43 Å². The second kappa shape index (κ2) is 8.47. The van der Waals surface area contributed by atoms with E-state index >= 15 is 0 Å². The molecule has 1 amide bonds. The Morgan fingerprint density at radius 3 is 2.12 bits per heavy atom. The largest absolute Gasteiger partial charge is 0.493 e. The number of nitro benzene ring substituents is 1. The summed E-state index contributed by atoms with van der Waals surface area (Å²) in [5.41, 5.74) is 3.21. The summed E-state index contributed by atoms with van der Waals surface area (Å²) in [6.45, 7) is 0. The highest BCUT2D eigenvalue weighted by atomic mass is 16.6. The highest BCUT2D eigenvalue weighted by molar-refractivity contribution is 5.96. The lowest BCUT2D eigenvalue weighted by Crippen LogP contribution is -2.18. The van der Waals surface area contributed by atoms with Crippen LogP contribution in [0.1, 0.15) is 15.9 Å². The summed E-state index contributed by atoms with van der Waals surface area (Å²) in [7, 11) is 4.37. The number of hydrogen-bond acceptors (Lipinski definition) is 7. The number of carbonyl (C=O) groups excluding carboxylic acids is 1. The number of nitro groups is 1. The fourth-order valence-corrected chi connectivity index (χ4v) is 2.12. The Hall–Kier alpha value is -3.62. The molecule has 0 radical (unpaired) electrons. The van der Waals surface area contributed by atoms with Crippen molar-refractivity contribution >= 4 is 17.8 Å². The number of hydrazone groups is 1. The Kier molecular flexibility index (Phi) is 6.10. The summed E-state index contributed by atoms with van der Waals surface area (Å²) >= 11 is 0. The minimum absolute atomic E-state index is 0.0244. The van der Waals surface area contributed by atoms with Crippen LogP contribution in [0.2, 0.25) is 0 Å². The third kappa shape index (κ3) is 4.26. The van der Waals surface area contributed by atoms with E-state index in [0.29, 0.717) is 22.8 Å². The van der Waals surface area contributed by atoms with Gasteiger partial charge in [-0.25, -0.2) is 5.43 Å². The Morgan fingerprint density at radius 2 is 1.65 bits per heavy atom. The maximum atomic E-state index is 12.2. The Bertz CT molecular complexity index is 808. The van der Waals surface area contributed by atoms with Crippen LogP contribution >= 0.6 is 0 Å². The van der Waals surface area contributed by atoms with Crippen LogP contribution in [0.4, 0.5) is 5.69 Å². The first kappa shape index (κ1) is 18.7. The fourth-order valence-electron chi connectivity index (χ4n) is 2.12. The molecular formula is C17H17N3O6. The molecule has 0 spiro atoms. The first-order valence-electron chi connectivity index (χ1n) is 7.38. The number of rotatable bonds is 7. The minimum atomic E-state index is -0.493. The minimum Gasteiger partial charge on any atom is -0.493 e. The van der Waals surface area contributed by atoms with Crippen LogP contribution in [0.3, 0.4) is 0 Å². The first-order valence-corrected chi connectivity index (χ1v) is 7.38. The van der Waals surface area contributed by atoms with Gasteiger partial charge >= 0.3 is 0 Å². The summed E-state index contributed by atoms with van der Waals surface area (Å²) in [4.78, 5) is 22.4. The molecule has 136 valence electrons. The lowest BCUT2D eigenvalue weighted by Gasteiger charge is -2.13. The van der Waals surface area contributed by atoms with E-state index in [4.69, 9.17) is 14.2 Å². The fraction of sp³-hybridized carbons (Fsp3) is 0.176. The number of methoxy groups -OCH3 is 3. The van der Waals surface area contributed by atoms with Gasteiger partial charge in [-0.1, -0.05) is 0 Å². The highest BCUT2D eigenvalue weighted by Gasteiger charge is 2.16. The highest BCUT2D eigenvalue weighted by Crippen LogP contribution is 2.38. The lowest BCUT2D eigenvalue weighted by molar-refractivity contribution is -0.384. The van der Waals surface area contributed by atoms with Crippen molar-refractivity contribution in [2.24, 2.45) is 5.10 Å². The summed E-state index contributed by atoms with van der Waals surface area (Å²) in [6.07, 6.45) is 1.37. The summed E-state index contributed by atoms with van der Waals surface area (Å²) in [5, 5.41) is 14.4. The number of nitrogens with one attached hydrogen (secondary N) is 1. The molecule has 0 saturated heterocycles. The van der Waals surface area contributed by atoms with Gasteiger partial charge in [-0.2, -0.15) is 5.10 Å². The van der Waals surface area contributed by atoms with Crippen LogP contribution in [0, 0.1) is 10.1 Å². The number of amides is 1. The first-order chi connectivity index (χ1) is 12.5. The third-order valence-electron chi connectivity index (χ3n) is 3.41. The second-order valence-corrected chi connectivity index (χ2v) is 4.96. The van der Waals surface area contributed by atoms with Crippen molar-refractivity contribution < 1.29 is 23.9 Å². The van der Waals surface area contributed by atoms with Crippen LogP contribution in [-0.2, 0) is 0 Å². The van der Waals surface area contributed by atoms with E-state index in [1.54, 1.807) is 0 Å². The van der Waals surface area contributed by atoms with Gasteiger partial charge in [-0.05, 0) is 29.8 Å². The van der Waals surface area contributed by atoms with Gasteiger partial charge in [0.25, 0.3) is 11.6 Å². The Labute approximate surface area is 149 Å². The van der Waals surface area contributed by atoms with Gasteiger partial charge in [-0.3, -0.25) is 14.9 Å². The molecule has 0 bridgehead atoms. The van der Waals surface area contributed by atoms with Crippen LogP contribution in [0.25, 0.3) is 0 Å². The molecule has 2 rings (SSSR count). The standard InChI is InChI=1S/C17H17N3O6/c1-24-14-8-12(9-15(25-2)16(14)26-3)17(21)19-18-10-11-4-6-13(7-5-11)20(22)23/h4-10H,1-3H3,(H,19,21). The molecule has 0 heterocycles. The predicted molar refractivity (Wildman–Crippen MR) is 94.3 cm³/mol. The number of non-ortho nitro benzene ring substituents is 1. The molecule has 2 aromatic rings. The third-order valence-corrected chi connectivity index (χ3v) is 3.41. The van der Waals surface area contributed by atoms with E-state index in [9.17, 15) is 14.9 Å². The summed E-state index contributed by atoms with van der Waals surface area (Å²) in [5.74, 6) is 0.580. The van der Waals surface area contributed by atoms with Crippen molar-refractivity contribution in [1.29, 1.82) is 0 Å². The van der Waals surface area contributed by atoms with Crippen LogP contribution in [0.5, 0.6) is 17.2 Å². The SMILES string of the molecule is COc1cc(C(=O)NN=Cc2ccc([N+](=O)[O-])cc2)cc(OC)c1OC. The Balaban J connectivity index is 2.13. The van der Waals surface area contributed by atoms with Gasteiger partial charge in [0.15, 0.2) is 11.5 Å². The predicted octanol–water partition coefficient (Wildman–Crippen LogP) is 2.38. The molecule has 9 heteroatoms. The molecule has 26 heavy (non-hydrogen) atoms. The van der Waals surface area contributed by atoms with Gasteiger partial charge in [0.05, 0.1) is 32.5 Å². The van der Waals surface area contributed by atoms with Crippen LogP contribution in [0.15, 0.2) is 41.5 Å². The maximum absolute atomic E-state index is 12.2. The molecule has 0 aliphatic carbocycles. The second-order valence-electron chi connectivity index (χ2n) is 4.96. The van der Waals surface area contributed by atoms with Crippen molar-refractivity contribution in [3.05, 3.63) is 57.6 Å². The molecule has 0 atom stereocenters. The molecule has 0 unspecified atom stereocenters. The smallest absolute Gasteiger partial charge is 0.271 e. The van der Waals surface area contributed by atoms with E-state index < -0.39 is 10.8 Å². The van der Waals surface area contributed by atoms with E-state index in [2.05, 4.69) is 10.5 Å². The van der Waals surface area contributed by atoms with Crippen molar-refractivity contribution in [2.75, 3.05) is 21.3 Å². The van der Waals surface area contributed by atoms with E-state index in [1.165, 1.54) is 63.9 Å². The normalized spacial score (nSPS) is 10.4. The van der Waals surface area contributed by atoms with Crippen molar-refractivity contribution in [3.63, 3.8) is 0 Å². The molecule has 0 aliphatic heterocycles. The zero-order chi connectivity index (χ0) is 19.1. The monoisotopic (exact) mass is 359 g/mol. The van der Waals surface area contributed by atoms with Gasteiger partial charge in [0, 0.05) is 17.7 Å². The number of benzene rings is 2. The van der Waals surface area contributed by atoms with Crippen molar-refractivity contribution in [2.45, 2.75) is 0 Å². The van der Waals surface area contributed by atoms with Gasteiger partial charge in [0.2, 0.25) is 5.75 Å². The van der Waals surface area contributed by atoms with Gasteiger partial charge in [-0.15, -0.1) is 0 Å². The molecular weight excluding hydrogens is 342 g/mol. The molecule has 0 saturated carbocycles. The van der Waals surface area contributed by atoms with Gasteiger partial charge in [0.1, 0.15) is 0 Å².